The maximum absolute atomic E-state index is 13.2. The molecular formula is C26H21NO. The number of nitrogens with one attached hydrogen (secondary N) is 1. The van der Waals surface area contributed by atoms with E-state index in [1.165, 1.54) is 16.7 Å². The van der Waals surface area contributed by atoms with Crippen molar-refractivity contribution in [2.45, 2.75) is 19.3 Å². The SMILES string of the molecule is O=c1[nH]c(-c2ccccc2)c2c(c1Cc1ccccc1)-c1ccccc1CC2. The molecule has 28 heavy (non-hydrogen) atoms. The van der Waals surface area contributed by atoms with Crippen LogP contribution in [-0.4, -0.2) is 4.98 Å². The fourth-order valence-electron chi connectivity index (χ4n) is 4.32. The van der Waals surface area contributed by atoms with E-state index in [1.807, 2.05) is 36.4 Å². The van der Waals surface area contributed by atoms with Crippen molar-refractivity contribution in [2.24, 2.45) is 0 Å². The normalized spacial score (nSPS) is 12.3. The summed E-state index contributed by atoms with van der Waals surface area (Å²) in [6, 6.07) is 29.0. The third-order valence-electron chi connectivity index (χ3n) is 5.64. The van der Waals surface area contributed by atoms with Gasteiger partial charge < -0.3 is 4.98 Å². The molecule has 0 fully saturated rings. The van der Waals surface area contributed by atoms with Gasteiger partial charge in [-0.15, -0.1) is 0 Å². The number of fused-ring (bicyclic) bond motifs is 3. The third kappa shape index (κ3) is 2.87. The molecule has 1 aliphatic rings. The van der Waals surface area contributed by atoms with E-state index in [0.717, 1.165) is 40.8 Å². The van der Waals surface area contributed by atoms with Crippen LogP contribution >= 0.6 is 0 Å². The van der Waals surface area contributed by atoms with Gasteiger partial charge in [-0.1, -0.05) is 84.9 Å². The first-order chi connectivity index (χ1) is 13.8. The smallest absolute Gasteiger partial charge is 0.252 e. The lowest BCUT2D eigenvalue weighted by atomic mass is 9.80. The molecule has 0 radical (unpaired) electrons. The van der Waals surface area contributed by atoms with Gasteiger partial charge in [0.05, 0.1) is 5.69 Å². The maximum atomic E-state index is 13.2. The standard InChI is InChI=1S/C26H21NO/c28-26-23(17-18-9-3-1-4-10-18)24-21-14-8-7-11-19(21)15-16-22(24)25(27-26)20-12-5-2-6-13-20/h1-14H,15-17H2,(H,27,28). The van der Waals surface area contributed by atoms with Crippen molar-refractivity contribution >= 4 is 0 Å². The highest BCUT2D eigenvalue weighted by Gasteiger charge is 2.24. The van der Waals surface area contributed by atoms with Crippen LogP contribution in [0.3, 0.4) is 0 Å². The van der Waals surface area contributed by atoms with E-state index in [1.54, 1.807) is 0 Å². The summed E-state index contributed by atoms with van der Waals surface area (Å²) < 4.78 is 0. The molecule has 0 saturated carbocycles. The van der Waals surface area contributed by atoms with Gasteiger partial charge in [-0.25, -0.2) is 0 Å². The number of aromatic nitrogens is 1. The maximum Gasteiger partial charge on any atom is 0.252 e. The second-order valence-corrected chi connectivity index (χ2v) is 7.35. The summed E-state index contributed by atoms with van der Waals surface area (Å²) in [4.78, 5) is 16.5. The Balaban J connectivity index is 1.79. The molecule has 0 unspecified atom stereocenters. The van der Waals surface area contributed by atoms with Crippen LogP contribution in [0.5, 0.6) is 0 Å². The molecule has 1 aromatic heterocycles. The van der Waals surface area contributed by atoms with Gasteiger partial charge in [0.15, 0.2) is 0 Å². The molecule has 0 atom stereocenters. The summed E-state index contributed by atoms with van der Waals surface area (Å²) in [6.07, 6.45) is 2.58. The number of rotatable bonds is 3. The minimum absolute atomic E-state index is 0.0122. The van der Waals surface area contributed by atoms with Gasteiger partial charge >= 0.3 is 0 Å². The quantitative estimate of drug-likeness (QED) is 0.519. The lowest BCUT2D eigenvalue weighted by molar-refractivity contribution is 0.918. The summed E-state index contributed by atoms with van der Waals surface area (Å²) in [5, 5.41) is 0. The topological polar surface area (TPSA) is 32.9 Å². The largest absolute Gasteiger partial charge is 0.321 e. The Bertz CT molecular complexity index is 1190. The predicted octanol–water partition coefficient (Wildman–Crippen LogP) is 5.40. The van der Waals surface area contributed by atoms with Crippen molar-refractivity contribution in [3.8, 4) is 22.4 Å². The fourth-order valence-corrected chi connectivity index (χ4v) is 4.32. The van der Waals surface area contributed by atoms with E-state index < -0.39 is 0 Å². The van der Waals surface area contributed by atoms with E-state index in [2.05, 4.69) is 53.5 Å². The monoisotopic (exact) mass is 363 g/mol. The van der Waals surface area contributed by atoms with Gasteiger partial charge in [-0.3, -0.25) is 4.79 Å². The Morgan fingerprint density at radius 3 is 2.21 bits per heavy atom. The van der Waals surface area contributed by atoms with Crippen molar-refractivity contribution in [2.75, 3.05) is 0 Å². The van der Waals surface area contributed by atoms with Crippen molar-refractivity contribution in [1.82, 2.24) is 4.98 Å². The molecule has 0 amide bonds. The first kappa shape index (κ1) is 16.8. The van der Waals surface area contributed by atoms with Crippen LogP contribution in [0, 0.1) is 0 Å². The fraction of sp³-hybridized carbons (Fsp3) is 0.115. The molecule has 0 aliphatic heterocycles. The zero-order valence-corrected chi connectivity index (χ0v) is 15.6. The van der Waals surface area contributed by atoms with Gasteiger partial charge in [-0.05, 0) is 46.2 Å². The highest BCUT2D eigenvalue weighted by atomic mass is 16.1. The predicted molar refractivity (Wildman–Crippen MR) is 115 cm³/mol. The molecule has 0 saturated heterocycles. The van der Waals surface area contributed by atoms with Crippen LogP contribution in [0.25, 0.3) is 22.4 Å². The molecule has 136 valence electrons. The molecule has 1 heterocycles. The third-order valence-corrected chi connectivity index (χ3v) is 5.64. The number of benzene rings is 3. The average Bonchev–Trinajstić information content (AvgIpc) is 2.76. The van der Waals surface area contributed by atoms with Crippen LogP contribution in [0.15, 0.2) is 89.7 Å². The van der Waals surface area contributed by atoms with Gasteiger partial charge in [0.25, 0.3) is 5.56 Å². The number of aromatic amines is 1. The molecule has 4 aromatic rings. The molecule has 2 heteroatoms. The van der Waals surface area contributed by atoms with Crippen LogP contribution in [0.4, 0.5) is 0 Å². The van der Waals surface area contributed by atoms with Crippen molar-refractivity contribution in [3.05, 3.63) is 118 Å². The lowest BCUT2D eigenvalue weighted by Gasteiger charge is -2.25. The van der Waals surface area contributed by atoms with E-state index >= 15 is 0 Å². The molecular weight excluding hydrogens is 342 g/mol. The minimum atomic E-state index is 0.0122. The van der Waals surface area contributed by atoms with E-state index in [-0.39, 0.29) is 5.56 Å². The summed E-state index contributed by atoms with van der Waals surface area (Å²) in [7, 11) is 0. The number of aryl methyl sites for hydroxylation is 1. The van der Waals surface area contributed by atoms with Gasteiger partial charge in [0.1, 0.15) is 0 Å². The van der Waals surface area contributed by atoms with Crippen LogP contribution in [0.2, 0.25) is 0 Å². The minimum Gasteiger partial charge on any atom is -0.321 e. The Labute approximate surface area is 164 Å². The highest BCUT2D eigenvalue weighted by molar-refractivity contribution is 5.82. The zero-order valence-electron chi connectivity index (χ0n) is 15.6. The van der Waals surface area contributed by atoms with Crippen LogP contribution in [-0.2, 0) is 19.3 Å². The summed E-state index contributed by atoms with van der Waals surface area (Å²) in [5.41, 5.74) is 9.00. The van der Waals surface area contributed by atoms with Gasteiger partial charge in [0.2, 0.25) is 0 Å². The first-order valence-corrected chi connectivity index (χ1v) is 9.77. The number of pyridine rings is 1. The average molecular weight is 363 g/mol. The summed E-state index contributed by atoms with van der Waals surface area (Å²) in [5.74, 6) is 0. The molecule has 2 nitrogen and oxygen atoms in total. The molecule has 1 aliphatic carbocycles. The highest BCUT2D eigenvalue weighted by Crippen LogP contribution is 2.39. The van der Waals surface area contributed by atoms with E-state index in [4.69, 9.17) is 0 Å². The second kappa shape index (κ2) is 6.97. The Kier molecular flexibility index (Phi) is 4.17. The Morgan fingerprint density at radius 1 is 0.750 bits per heavy atom. The number of H-pyrrole nitrogens is 1. The zero-order chi connectivity index (χ0) is 18.9. The Hall–Kier alpha value is -3.39. The Morgan fingerprint density at radius 2 is 1.43 bits per heavy atom. The van der Waals surface area contributed by atoms with Gasteiger partial charge in [0, 0.05) is 12.0 Å². The number of hydrogen-bond acceptors (Lipinski definition) is 1. The second-order valence-electron chi connectivity index (χ2n) is 7.35. The molecule has 5 rings (SSSR count). The number of hydrogen-bond donors (Lipinski definition) is 1. The molecule has 3 aromatic carbocycles. The summed E-state index contributed by atoms with van der Waals surface area (Å²) >= 11 is 0. The summed E-state index contributed by atoms with van der Waals surface area (Å²) in [6.45, 7) is 0. The first-order valence-electron chi connectivity index (χ1n) is 9.77. The van der Waals surface area contributed by atoms with E-state index in [0.29, 0.717) is 6.42 Å². The molecule has 1 N–H and O–H groups in total. The molecule has 0 bridgehead atoms. The lowest BCUT2D eigenvalue weighted by Crippen LogP contribution is -2.21. The van der Waals surface area contributed by atoms with Crippen molar-refractivity contribution in [3.63, 3.8) is 0 Å². The van der Waals surface area contributed by atoms with Crippen molar-refractivity contribution < 1.29 is 0 Å². The van der Waals surface area contributed by atoms with Crippen LogP contribution in [0.1, 0.15) is 22.3 Å². The van der Waals surface area contributed by atoms with Crippen LogP contribution < -0.4 is 5.56 Å². The van der Waals surface area contributed by atoms with Gasteiger partial charge in [-0.2, -0.15) is 0 Å². The molecule has 0 spiro atoms. The van der Waals surface area contributed by atoms with Crippen molar-refractivity contribution in [1.29, 1.82) is 0 Å². The van der Waals surface area contributed by atoms with E-state index in [9.17, 15) is 4.79 Å².